The molecule has 0 radical (unpaired) electrons. The molecule has 562 valence electrons. The predicted octanol–water partition coefficient (Wildman–Crippen LogP) is 13.3. The van der Waals surface area contributed by atoms with Crippen LogP contribution in [0.15, 0.2) is 110 Å². The number of carbonyl (C=O) groups is 2. The van der Waals surface area contributed by atoms with Crippen LogP contribution in [-0.2, 0) is 48.4 Å². The van der Waals surface area contributed by atoms with Gasteiger partial charge < -0.3 is 68.9 Å². The van der Waals surface area contributed by atoms with Gasteiger partial charge in [0.1, 0.15) is 28.0 Å². The maximum Gasteiger partial charge on any atom is 0.410 e. The summed E-state index contributed by atoms with van der Waals surface area (Å²) in [5.74, 6) is 3.84. The minimum atomic E-state index is -0.528. The number of nitrogens with one attached hydrogen (secondary N) is 3. The fourth-order valence-corrected chi connectivity index (χ4v) is 12.3. The van der Waals surface area contributed by atoms with Crippen LogP contribution in [0.4, 0.5) is 39.1 Å². The molecule has 0 spiro atoms. The Morgan fingerprint density at radius 2 is 0.861 bits per heavy atom. The van der Waals surface area contributed by atoms with Gasteiger partial charge in [-0.15, -0.1) is 0 Å². The molecule has 2 amide bonds. The largest absolute Gasteiger partial charge is 0.479 e. The number of ether oxygens (including phenoxy) is 5. The zero-order chi connectivity index (χ0) is 76.7. The number of imidazole rings is 3. The molecule has 31 nitrogen and oxygen atoms in total. The lowest BCUT2D eigenvalue weighted by Gasteiger charge is -2.30. The van der Waals surface area contributed by atoms with Crippen LogP contribution >= 0.6 is 11.6 Å². The van der Waals surface area contributed by atoms with Gasteiger partial charge in [-0.2, -0.15) is 0 Å². The number of hydrogen-bond acceptors (Lipinski definition) is 26. The molecule has 108 heavy (non-hydrogen) atoms. The van der Waals surface area contributed by atoms with Gasteiger partial charge in [-0.05, 0) is 154 Å². The third kappa shape index (κ3) is 18.0. The van der Waals surface area contributed by atoms with E-state index < -0.39 is 11.2 Å². The maximum atomic E-state index is 12.5. The number of nitrogen functional groups attached to an aromatic ring is 1. The van der Waals surface area contributed by atoms with E-state index in [0.717, 1.165) is 87.5 Å². The van der Waals surface area contributed by atoms with Crippen LogP contribution < -0.4 is 35.9 Å². The average Bonchev–Trinajstić information content (AvgIpc) is 1.63. The Kier molecular flexibility index (Phi) is 22.8. The Morgan fingerprint density at radius 3 is 1.27 bits per heavy atom. The van der Waals surface area contributed by atoms with Gasteiger partial charge in [-0.3, -0.25) is 0 Å². The van der Waals surface area contributed by atoms with Gasteiger partial charge in [-0.25, -0.2) is 84.3 Å². The Bertz CT molecular complexity index is 5240. The minimum absolute atomic E-state index is 0.214. The topological polar surface area (TPSA) is 357 Å². The van der Waals surface area contributed by atoms with Gasteiger partial charge in [-0.1, -0.05) is 29.8 Å². The number of nitrogens with two attached hydrogens (primary N) is 1. The first kappa shape index (κ1) is 75.8. The Morgan fingerprint density at radius 1 is 0.472 bits per heavy atom. The molecular formula is C76H89ClN24O7. The van der Waals surface area contributed by atoms with Crippen molar-refractivity contribution in [3.63, 3.8) is 0 Å². The molecule has 12 aromatic heterocycles. The molecule has 12 aromatic rings. The fraction of sp³-hybridized carbons (Fsp3) is 0.382. The number of hydrogen-bond donors (Lipinski definition) is 4. The van der Waals surface area contributed by atoms with E-state index in [-0.39, 0.29) is 36.3 Å². The van der Waals surface area contributed by atoms with E-state index in [1.807, 2.05) is 96.4 Å². The first-order chi connectivity index (χ1) is 51.7. The van der Waals surface area contributed by atoms with Crippen LogP contribution in [0.5, 0.6) is 17.6 Å². The highest BCUT2D eigenvalue weighted by Gasteiger charge is 2.29. The van der Waals surface area contributed by atoms with E-state index in [1.165, 1.54) is 5.56 Å². The number of amides is 2. The monoisotopic (exact) mass is 1480 g/mol. The molecule has 0 saturated carbocycles. The zero-order valence-corrected chi connectivity index (χ0v) is 64.0. The van der Waals surface area contributed by atoms with Crippen molar-refractivity contribution in [3.8, 4) is 51.8 Å². The van der Waals surface area contributed by atoms with Crippen molar-refractivity contribution in [1.82, 2.24) is 104 Å². The standard InChI is InChI=1S/C27H32N8O3.C22H24N8O.C14H16N6O.C13H17ClN2O2/c1-16(2)35-15-29-23-21(35)13-20(31-24(23)37-6)19-9-11-28-25(32-19)33-22-8-7-17-14-34(12-10-18(17)30-22)26(36)38-27(3,4)5;1-13(2)30-12-25-20-18(30)10-17(27-21(20)31-3)16-7-9-24-22(28-16)29-19-5-4-14-11-23-8-6-15(14)26-19;1-8(2)20-7-17-12-11(20)6-10(18-13(12)21-3)9-4-5-16-14(15)19-9;1-13(2,3)18-12(17)16-7-6-10-9(8-16)4-5-11(14)15-10/h7-9,11,13,15-16H,10,12,14H2,1-6H3,(H,28,30,32,33);4-5,7,9-10,12-13,23H,6,8,11H2,1-3H3,(H,24,26,28,29);4-8H,1-3H3,(H2,15,16,19);4-5H,6-8H2,1-3H3. The molecule has 3 aliphatic rings. The summed E-state index contributed by atoms with van der Waals surface area (Å²) in [5, 5.41) is 10.3. The van der Waals surface area contributed by atoms with Crippen LogP contribution in [0.1, 0.15) is 135 Å². The number of methoxy groups -OCH3 is 3. The van der Waals surface area contributed by atoms with Crippen molar-refractivity contribution in [3.05, 3.63) is 149 Å². The molecule has 0 aromatic carbocycles. The van der Waals surface area contributed by atoms with Crippen LogP contribution in [0.3, 0.4) is 0 Å². The average molecular weight is 1490 g/mol. The Labute approximate surface area is 630 Å². The van der Waals surface area contributed by atoms with Crippen LogP contribution in [0, 0.1) is 0 Å². The van der Waals surface area contributed by atoms with Crippen molar-refractivity contribution in [1.29, 1.82) is 0 Å². The summed E-state index contributed by atoms with van der Waals surface area (Å²) in [7, 11) is 4.76. The molecule has 0 atom stereocenters. The first-order valence-corrected chi connectivity index (χ1v) is 35.9. The second-order valence-corrected chi connectivity index (χ2v) is 28.9. The molecule has 0 unspecified atom stereocenters. The minimum Gasteiger partial charge on any atom is -0.479 e. The molecule has 0 aliphatic carbocycles. The summed E-state index contributed by atoms with van der Waals surface area (Å²) in [6.07, 6.45) is 12.1. The number of aromatic nitrogens is 18. The van der Waals surface area contributed by atoms with Gasteiger partial charge in [0, 0.05) is 99.2 Å². The summed E-state index contributed by atoms with van der Waals surface area (Å²) < 4.78 is 33.5. The second kappa shape index (κ2) is 32.5. The molecule has 5 N–H and O–H groups in total. The second-order valence-electron chi connectivity index (χ2n) is 28.5. The van der Waals surface area contributed by atoms with E-state index in [0.29, 0.717) is 113 Å². The van der Waals surface area contributed by atoms with E-state index in [1.54, 1.807) is 80.6 Å². The molecule has 3 aliphatic heterocycles. The van der Waals surface area contributed by atoms with Gasteiger partial charge in [0.2, 0.25) is 35.5 Å². The Hall–Kier alpha value is -11.9. The van der Waals surface area contributed by atoms with Crippen molar-refractivity contribution >= 4 is 86.4 Å². The number of nitrogens with zero attached hydrogens (tertiary/aromatic N) is 20. The maximum absolute atomic E-state index is 12.5. The van der Waals surface area contributed by atoms with Crippen molar-refractivity contribution in [2.24, 2.45) is 0 Å². The fourth-order valence-electron chi connectivity index (χ4n) is 12.2. The van der Waals surface area contributed by atoms with Gasteiger partial charge in [0.25, 0.3) is 0 Å². The number of pyridine rings is 6. The summed E-state index contributed by atoms with van der Waals surface area (Å²) >= 11 is 5.85. The molecule has 15 rings (SSSR count). The van der Waals surface area contributed by atoms with Crippen LogP contribution in [-0.4, -0.2) is 163 Å². The molecule has 0 fully saturated rings. The van der Waals surface area contributed by atoms with Crippen molar-refractivity contribution in [2.75, 3.05) is 57.3 Å². The number of anilines is 5. The van der Waals surface area contributed by atoms with E-state index in [9.17, 15) is 9.59 Å². The van der Waals surface area contributed by atoms with Gasteiger partial charge >= 0.3 is 12.2 Å². The van der Waals surface area contributed by atoms with Crippen LogP contribution in [0.2, 0.25) is 5.15 Å². The van der Waals surface area contributed by atoms with Gasteiger partial charge in [0.15, 0.2) is 16.6 Å². The molecular weight excluding hydrogens is 1400 g/mol. The first-order valence-electron chi connectivity index (χ1n) is 35.5. The number of halogens is 1. The lowest BCUT2D eigenvalue weighted by Crippen LogP contribution is -2.40. The van der Waals surface area contributed by atoms with Crippen LogP contribution in [0.25, 0.3) is 67.3 Å². The lowest BCUT2D eigenvalue weighted by atomic mass is 10.1. The summed E-state index contributed by atoms with van der Waals surface area (Å²) in [5.41, 5.74) is 20.0. The zero-order valence-electron chi connectivity index (χ0n) is 63.2. The van der Waals surface area contributed by atoms with Crippen molar-refractivity contribution < 1.29 is 33.3 Å². The predicted molar refractivity (Wildman–Crippen MR) is 411 cm³/mol. The molecule has 32 heteroatoms. The normalized spacial score (nSPS) is 13.3. The quantitative estimate of drug-likeness (QED) is 0.0779. The third-order valence-electron chi connectivity index (χ3n) is 17.4. The highest BCUT2D eigenvalue weighted by atomic mass is 35.5. The molecule has 15 heterocycles. The lowest BCUT2D eigenvalue weighted by molar-refractivity contribution is 0.0212. The number of fused-ring (bicyclic) bond motifs is 6. The van der Waals surface area contributed by atoms with Crippen molar-refractivity contribution in [2.45, 2.75) is 151 Å². The van der Waals surface area contributed by atoms with E-state index in [4.69, 9.17) is 51.0 Å². The highest BCUT2D eigenvalue weighted by molar-refractivity contribution is 6.29. The Balaban J connectivity index is 0.000000140. The highest BCUT2D eigenvalue weighted by Crippen LogP contribution is 2.34. The van der Waals surface area contributed by atoms with E-state index >= 15 is 0 Å². The smallest absolute Gasteiger partial charge is 0.410 e. The third-order valence-corrected chi connectivity index (χ3v) is 17.6. The molecule has 0 bridgehead atoms. The van der Waals surface area contributed by atoms with Gasteiger partial charge in [0.05, 0.1) is 104 Å². The summed E-state index contributed by atoms with van der Waals surface area (Å²) in [6.45, 7) is 27.8. The summed E-state index contributed by atoms with van der Waals surface area (Å²) in [6, 6.07) is 23.6. The SMILES string of the molecule is CC(C)(C)OC(=O)N1CCc2nc(Cl)ccc2C1.COc1nc(-c2ccnc(N)n2)cc2c1ncn2C(C)C.COc1nc(-c2ccnc(Nc3ccc4c(n3)CCN(C(=O)OC(C)(C)C)C4)n2)cc2c1ncn2C(C)C.COc1nc(-c2ccnc(Nc3ccc4c(n3)CCNC4)n2)cc2c1ncn2C(C)C. The van der Waals surface area contributed by atoms with E-state index in [2.05, 4.69) is 142 Å². The molecule has 0 saturated heterocycles. The summed E-state index contributed by atoms with van der Waals surface area (Å²) in [4.78, 5) is 94.8. The number of carbonyl (C=O) groups excluding carboxylic acids is 2. The number of rotatable bonds is 13.